The van der Waals surface area contributed by atoms with Gasteiger partial charge in [0.15, 0.2) is 0 Å². The van der Waals surface area contributed by atoms with Crippen molar-refractivity contribution in [1.29, 1.82) is 0 Å². The predicted molar refractivity (Wildman–Crippen MR) is 68.2 cm³/mol. The zero-order valence-corrected chi connectivity index (χ0v) is 9.12. The molecule has 0 amide bonds. The van der Waals surface area contributed by atoms with Gasteiger partial charge in [-0.2, -0.15) is 10.9 Å². The van der Waals surface area contributed by atoms with Crippen LogP contribution in [0.3, 0.4) is 0 Å². The second-order valence-corrected chi connectivity index (χ2v) is 5.28. The van der Waals surface area contributed by atoms with E-state index in [0.717, 1.165) is 0 Å². The van der Waals surface area contributed by atoms with Gasteiger partial charge in [0, 0.05) is 10.3 Å². The molecule has 0 bridgehead atoms. The van der Waals surface area contributed by atoms with E-state index in [1.54, 1.807) is 0 Å². The Labute approximate surface area is 92.3 Å². The van der Waals surface area contributed by atoms with E-state index in [4.69, 9.17) is 0 Å². The Morgan fingerprint density at radius 2 is 1.80 bits per heavy atom. The number of rotatable bonds is 1. The van der Waals surface area contributed by atoms with Crippen LogP contribution in [-0.2, 0) is 0 Å². The van der Waals surface area contributed by atoms with Gasteiger partial charge < -0.3 is 0 Å². The number of benzene rings is 2. The van der Waals surface area contributed by atoms with Crippen molar-refractivity contribution in [3.8, 4) is 0 Å². The Bertz CT molecular complexity index is 535. The molecule has 2 aromatic carbocycles. The topological polar surface area (TPSA) is 0 Å². The van der Waals surface area contributed by atoms with E-state index in [1.165, 1.54) is 15.7 Å². The zero-order chi connectivity index (χ0) is 10.1. The molecular weight excluding hydrogens is 200 g/mol. The lowest BCUT2D eigenvalue weighted by atomic mass is 10.1. The lowest BCUT2D eigenvalue weighted by Crippen LogP contribution is -1.79. The Morgan fingerprint density at radius 1 is 0.933 bits per heavy atom. The van der Waals surface area contributed by atoms with Crippen molar-refractivity contribution in [1.82, 2.24) is 0 Å². The number of fused-ring (bicyclic) bond motifs is 1. The molecule has 1 atom stereocenters. The van der Waals surface area contributed by atoms with Crippen LogP contribution in [0.1, 0.15) is 0 Å². The number of thiol groups is 1. The molecule has 1 heteroatoms. The third-order valence-corrected chi connectivity index (χ3v) is 4.38. The molecule has 0 aliphatic carbocycles. The van der Waals surface area contributed by atoms with E-state index in [1.807, 2.05) is 6.08 Å². The molecule has 1 aliphatic heterocycles. The standard InChI is InChI=1S/C14H11S/c1-2-8-13-12(6-1)7-5-9-14(13)15-10-3-4-11-15/h1-10,15H. The second kappa shape index (κ2) is 3.59. The molecule has 15 heavy (non-hydrogen) atoms. The van der Waals surface area contributed by atoms with Gasteiger partial charge in [0.1, 0.15) is 0 Å². The van der Waals surface area contributed by atoms with Gasteiger partial charge >= 0.3 is 0 Å². The highest BCUT2D eigenvalue weighted by Gasteiger charge is 2.06. The number of hydrogen-bond acceptors (Lipinski definition) is 0. The van der Waals surface area contributed by atoms with Gasteiger partial charge in [0.05, 0.1) is 0 Å². The van der Waals surface area contributed by atoms with E-state index < -0.39 is 0 Å². The Hall–Kier alpha value is -1.47. The Morgan fingerprint density at radius 3 is 2.67 bits per heavy atom. The molecule has 73 valence electrons. The summed E-state index contributed by atoms with van der Waals surface area (Å²) in [7, 11) is -0.326. The molecule has 2 aromatic rings. The zero-order valence-electron chi connectivity index (χ0n) is 8.22. The van der Waals surface area contributed by atoms with Crippen molar-refractivity contribution in [2.24, 2.45) is 0 Å². The van der Waals surface area contributed by atoms with Crippen molar-refractivity contribution >= 4 is 21.7 Å². The van der Waals surface area contributed by atoms with E-state index >= 15 is 0 Å². The molecule has 1 aliphatic rings. The summed E-state index contributed by atoms with van der Waals surface area (Å²) < 4.78 is 0. The molecule has 3 rings (SSSR count). The van der Waals surface area contributed by atoms with Crippen LogP contribution in [0.25, 0.3) is 10.8 Å². The van der Waals surface area contributed by atoms with E-state index in [2.05, 4.69) is 59.4 Å². The number of allylic oxidation sites excluding steroid dienone is 2. The van der Waals surface area contributed by atoms with Crippen LogP contribution in [-0.4, -0.2) is 0 Å². The fourth-order valence-electron chi connectivity index (χ4n) is 1.86. The maximum atomic E-state index is 3.39. The van der Waals surface area contributed by atoms with Crippen LogP contribution in [0.4, 0.5) is 0 Å². The van der Waals surface area contributed by atoms with Gasteiger partial charge in [0.2, 0.25) is 0 Å². The van der Waals surface area contributed by atoms with Gasteiger partial charge in [-0.1, -0.05) is 42.5 Å². The average molecular weight is 211 g/mol. The number of hydrogen-bond donors (Lipinski definition) is 1. The first-order valence-electron chi connectivity index (χ1n) is 4.98. The largest absolute Gasteiger partial charge is 0.178 e. The summed E-state index contributed by atoms with van der Waals surface area (Å²) in [4.78, 5) is 1.41. The van der Waals surface area contributed by atoms with Crippen molar-refractivity contribution < 1.29 is 0 Å². The Kier molecular flexibility index (Phi) is 2.11. The maximum absolute atomic E-state index is 3.39. The van der Waals surface area contributed by atoms with Crippen molar-refractivity contribution in [2.75, 3.05) is 0 Å². The summed E-state index contributed by atoms with van der Waals surface area (Å²) >= 11 is 0. The van der Waals surface area contributed by atoms with Gasteiger partial charge in [-0.15, -0.1) is 0 Å². The highest BCUT2D eigenvalue weighted by atomic mass is 32.2. The quantitative estimate of drug-likeness (QED) is 0.676. The first kappa shape index (κ1) is 8.81. The molecule has 0 nitrogen and oxygen atoms in total. The summed E-state index contributed by atoms with van der Waals surface area (Å²) in [6, 6.07) is 15.1. The lowest BCUT2D eigenvalue weighted by Gasteiger charge is -2.12. The molecule has 1 unspecified atom stereocenters. The van der Waals surface area contributed by atoms with Crippen LogP contribution in [0.15, 0.2) is 64.9 Å². The second-order valence-electron chi connectivity index (χ2n) is 3.51. The fourth-order valence-corrected chi connectivity index (χ4v) is 3.46. The van der Waals surface area contributed by atoms with Crippen LogP contribution in [0.2, 0.25) is 0 Å². The molecule has 0 saturated heterocycles. The summed E-state index contributed by atoms with van der Waals surface area (Å²) in [5.41, 5.74) is 0. The SMILES string of the molecule is [C]1=CC=C[SH]1c1cccc2ccccc12. The molecule has 1 heterocycles. The molecule has 0 spiro atoms. The van der Waals surface area contributed by atoms with Crippen LogP contribution in [0.5, 0.6) is 0 Å². The van der Waals surface area contributed by atoms with E-state index in [-0.39, 0.29) is 10.9 Å². The molecule has 0 saturated carbocycles. The molecule has 0 N–H and O–H groups in total. The normalized spacial score (nSPS) is 16.4. The maximum Gasteiger partial charge on any atom is 0.00757 e. The van der Waals surface area contributed by atoms with Gasteiger partial charge in [-0.25, -0.2) is 0 Å². The minimum atomic E-state index is -0.326. The average Bonchev–Trinajstić information content (AvgIpc) is 2.82. The Balaban J connectivity index is 2.26. The summed E-state index contributed by atoms with van der Waals surface area (Å²) in [6.07, 6.45) is 4.11. The van der Waals surface area contributed by atoms with Crippen LogP contribution < -0.4 is 0 Å². The van der Waals surface area contributed by atoms with Crippen LogP contribution in [0, 0.1) is 5.41 Å². The first-order valence-corrected chi connectivity index (χ1v) is 6.39. The third kappa shape index (κ3) is 1.49. The molecular formula is C14H11S. The summed E-state index contributed by atoms with van der Waals surface area (Å²) in [5.74, 6) is 0. The van der Waals surface area contributed by atoms with Gasteiger partial charge in [0.25, 0.3) is 0 Å². The molecule has 1 radical (unpaired) electrons. The first-order chi connectivity index (χ1) is 7.45. The molecule has 0 aromatic heterocycles. The predicted octanol–water partition coefficient (Wildman–Crippen LogP) is 4.04. The van der Waals surface area contributed by atoms with E-state index in [0.29, 0.717) is 0 Å². The van der Waals surface area contributed by atoms with Crippen LogP contribution >= 0.6 is 10.9 Å². The summed E-state index contributed by atoms with van der Waals surface area (Å²) in [6.45, 7) is 0. The van der Waals surface area contributed by atoms with E-state index in [9.17, 15) is 0 Å². The highest BCUT2D eigenvalue weighted by Crippen LogP contribution is 2.44. The minimum Gasteiger partial charge on any atom is -0.178 e. The smallest absolute Gasteiger partial charge is 0.00757 e. The summed E-state index contributed by atoms with van der Waals surface area (Å²) in [5, 5.41) is 8.32. The van der Waals surface area contributed by atoms with Gasteiger partial charge in [-0.05, 0) is 28.3 Å². The van der Waals surface area contributed by atoms with Gasteiger partial charge in [-0.3, -0.25) is 0 Å². The van der Waals surface area contributed by atoms with Crippen molar-refractivity contribution in [3.05, 3.63) is 65.4 Å². The molecule has 0 fully saturated rings. The van der Waals surface area contributed by atoms with Crippen molar-refractivity contribution in [3.63, 3.8) is 0 Å². The van der Waals surface area contributed by atoms with Crippen molar-refractivity contribution in [2.45, 2.75) is 4.90 Å². The minimum absolute atomic E-state index is 0.326. The third-order valence-electron chi connectivity index (χ3n) is 2.57. The monoisotopic (exact) mass is 211 g/mol. The lowest BCUT2D eigenvalue weighted by molar-refractivity contribution is 1.54. The fraction of sp³-hybridized carbons (Fsp3) is 0. The highest BCUT2D eigenvalue weighted by molar-refractivity contribution is 8.21.